The Morgan fingerprint density at radius 1 is 1.28 bits per heavy atom. The Bertz CT molecular complexity index is 914. The van der Waals surface area contributed by atoms with Gasteiger partial charge in [0, 0.05) is 24.8 Å². The molecule has 0 spiro atoms. The van der Waals surface area contributed by atoms with Crippen LogP contribution in [0.3, 0.4) is 0 Å². The highest BCUT2D eigenvalue weighted by molar-refractivity contribution is 5.94. The van der Waals surface area contributed by atoms with Gasteiger partial charge in [-0.05, 0) is 51.9 Å². The third-order valence-electron chi connectivity index (χ3n) is 4.83. The SMILES string of the molecule is Cc1cc(NC(=O)Cn2cccc(C(=O)N[C@@H](C)CN3CCCCC3)c2=O)no1. The summed E-state index contributed by atoms with van der Waals surface area (Å²) in [4.78, 5) is 39.7. The fourth-order valence-electron chi connectivity index (χ4n) is 3.47. The lowest BCUT2D eigenvalue weighted by Crippen LogP contribution is -2.45. The van der Waals surface area contributed by atoms with Gasteiger partial charge in [-0.25, -0.2) is 0 Å². The standard InChI is InChI=1S/C20H27N5O4/c1-14(12-24-8-4-3-5-9-24)21-19(27)16-7-6-10-25(20(16)28)13-18(26)22-17-11-15(2)29-23-17/h6-7,10-11,14H,3-5,8-9,12-13H2,1-2H3,(H,21,27)(H,22,23,26)/t14-/m0/s1. The van der Waals surface area contributed by atoms with Gasteiger partial charge in [-0.3, -0.25) is 14.4 Å². The summed E-state index contributed by atoms with van der Waals surface area (Å²) < 4.78 is 6.09. The summed E-state index contributed by atoms with van der Waals surface area (Å²) in [6.07, 6.45) is 5.09. The number of nitrogens with zero attached hydrogens (tertiary/aromatic N) is 3. The number of anilines is 1. The summed E-state index contributed by atoms with van der Waals surface area (Å²) in [5, 5.41) is 9.13. The molecule has 9 nitrogen and oxygen atoms in total. The van der Waals surface area contributed by atoms with Crippen molar-refractivity contribution in [1.82, 2.24) is 19.9 Å². The maximum atomic E-state index is 12.7. The number of nitrogens with one attached hydrogen (secondary N) is 2. The van der Waals surface area contributed by atoms with E-state index in [1.165, 1.54) is 36.1 Å². The molecule has 1 aliphatic heterocycles. The molecule has 156 valence electrons. The molecule has 2 aromatic heterocycles. The van der Waals surface area contributed by atoms with E-state index in [2.05, 4.69) is 20.7 Å². The zero-order valence-corrected chi connectivity index (χ0v) is 16.8. The fraction of sp³-hybridized carbons (Fsp3) is 0.500. The van der Waals surface area contributed by atoms with Crippen molar-refractivity contribution in [1.29, 1.82) is 0 Å². The number of carbonyl (C=O) groups excluding carboxylic acids is 2. The lowest BCUT2D eigenvalue weighted by Gasteiger charge is -2.29. The van der Waals surface area contributed by atoms with Gasteiger partial charge in [0.1, 0.15) is 17.9 Å². The Labute approximate surface area is 169 Å². The van der Waals surface area contributed by atoms with Gasteiger partial charge < -0.3 is 24.6 Å². The quantitative estimate of drug-likeness (QED) is 0.726. The highest BCUT2D eigenvalue weighted by atomic mass is 16.5. The third kappa shape index (κ3) is 5.77. The summed E-state index contributed by atoms with van der Waals surface area (Å²) in [5.74, 6) is -0.0198. The second kappa shape index (κ2) is 9.51. The van der Waals surface area contributed by atoms with E-state index in [1.807, 2.05) is 6.92 Å². The number of rotatable bonds is 7. The van der Waals surface area contributed by atoms with Gasteiger partial charge in [0.2, 0.25) is 5.91 Å². The molecule has 1 saturated heterocycles. The van der Waals surface area contributed by atoms with Crippen LogP contribution in [0.5, 0.6) is 0 Å². The van der Waals surface area contributed by atoms with Gasteiger partial charge in [0.15, 0.2) is 5.82 Å². The van der Waals surface area contributed by atoms with E-state index in [0.717, 1.165) is 19.6 Å². The first-order chi connectivity index (χ1) is 13.9. The molecule has 0 radical (unpaired) electrons. The molecule has 0 aromatic carbocycles. The molecule has 2 N–H and O–H groups in total. The molecule has 1 fully saturated rings. The maximum Gasteiger partial charge on any atom is 0.263 e. The van der Waals surface area contributed by atoms with Gasteiger partial charge in [-0.2, -0.15) is 0 Å². The van der Waals surface area contributed by atoms with Crippen molar-refractivity contribution in [2.24, 2.45) is 0 Å². The number of hydrogen-bond acceptors (Lipinski definition) is 6. The minimum absolute atomic E-state index is 0.0167. The Kier molecular flexibility index (Phi) is 6.82. The van der Waals surface area contributed by atoms with Crippen LogP contribution in [0.1, 0.15) is 42.3 Å². The average molecular weight is 401 g/mol. The minimum atomic E-state index is -0.512. The second-order valence-electron chi connectivity index (χ2n) is 7.46. The predicted octanol–water partition coefficient (Wildman–Crippen LogP) is 1.39. The summed E-state index contributed by atoms with van der Waals surface area (Å²) in [6, 6.07) is 4.56. The first-order valence-electron chi connectivity index (χ1n) is 9.88. The summed E-state index contributed by atoms with van der Waals surface area (Å²) in [7, 11) is 0. The molecule has 0 aliphatic carbocycles. The number of aryl methyl sites for hydroxylation is 1. The summed E-state index contributed by atoms with van der Waals surface area (Å²) in [5.41, 5.74) is -0.496. The van der Waals surface area contributed by atoms with Gasteiger partial charge in [-0.15, -0.1) is 0 Å². The largest absolute Gasteiger partial charge is 0.360 e. The van der Waals surface area contributed by atoms with Crippen molar-refractivity contribution >= 4 is 17.6 Å². The van der Waals surface area contributed by atoms with Crippen LogP contribution in [-0.2, 0) is 11.3 Å². The van der Waals surface area contributed by atoms with Gasteiger partial charge >= 0.3 is 0 Å². The zero-order valence-electron chi connectivity index (χ0n) is 16.8. The molecule has 2 amide bonds. The number of hydrogen-bond donors (Lipinski definition) is 2. The van der Waals surface area contributed by atoms with Crippen LogP contribution in [0.2, 0.25) is 0 Å². The third-order valence-corrected chi connectivity index (χ3v) is 4.83. The van der Waals surface area contributed by atoms with Crippen molar-refractivity contribution in [2.75, 3.05) is 25.0 Å². The van der Waals surface area contributed by atoms with E-state index >= 15 is 0 Å². The van der Waals surface area contributed by atoms with Crippen LogP contribution < -0.4 is 16.2 Å². The number of pyridine rings is 1. The number of likely N-dealkylation sites (tertiary alicyclic amines) is 1. The van der Waals surface area contributed by atoms with Gasteiger partial charge in [-0.1, -0.05) is 11.6 Å². The number of amides is 2. The molecule has 9 heteroatoms. The molecular weight excluding hydrogens is 374 g/mol. The Balaban J connectivity index is 1.60. The molecule has 3 rings (SSSR count). The molecule has 3 heterocycles. The molecule has 0 bridgehead atoms. The number of piperidine rings is 1. The maximum absolute atomic E-state index is 12.7. The van der Waals surface area contributed by atoms with E-state index in [9.17, 15) is 14.4 Å². The summed E-state index contributed by atoms with van der Waals surface area (Å²) in [6.45, 7) is 6.25. The molecule has 1 aliphatic rings. The van der Waals surface area contributed by atoms with Crippen LogP contribution >= 0.6 is 0 Å². The molecule has 2 aromatic rings. The highest BCUT2D eigenvalue weighted by Crippen LogP contribution is 2.09. The Hall–Kier alpha value is -2.94. The van der Waals surface area contributed by atoms with E-state index in [1.54, 1.807) is 19.1 Å². The Morgan fingerprint density at radius 2 is 2.03 bits per heavy atom. The molecule has 1 atom stereocenters. The first kappa shape index (κ1) is 20.8. The molecule has 0 unspecified atom stereocenters. The van der Waals surface area contributed by atoms with E-state index in [0.29, 0.717) is 5.76 Å². The zero-order chi connectivity index (χ0) is 20.8. The van der Waals surface area contributed by atoms with E-state index in [-0.39, 0.29) is 24.0 Å². The average Bonchev–Trinajstić information content (AvgIpc) is 3.08. The van der Waals surface area contributed by atoms with Crippen LogP contribution in [-0.4, -0.2) is 52.1 Å². The van der Waals surface area contributed by atoms with Crippen LogP contribution in [0.4, 0.5) is 5.82 Å². The normalized spacial score (nSPS) is 15.7. The Morgan fingerprint density at radius 3 is 2.72 bits per heavy atom. The van der Waals surface area contributed by atoms with Crippen molar-refractivity contribution in [2.45, 2.75) is 45.7 Å². The molecule has 29 heavy (non-hydrogen) atoms. The predicted molar refractivity (Wildman–Crippen MR) is 108 cm³/mol. The van der Waals surface area contributed by atoms with Crippen LogP contribution in [0.25, 0.3) is 0 Å². The van der Waals surface area contributed by atoms with Crippen molar-refractivity contribution in [3.8, 4) is 0 Å². The van der Waals surface area contributed by atoms with Crippen molar-refractivity contribution in [3.63, 3.8) is 0 Å². The number of aromatic nitrogens is 2. The smallest absolute Gasteiger partial charge is 0.263 e. The van der Waals surface area contributed by atoms with Crippen LogP contribution in [0.15, 0.2) is 33.7 Å². The summed E-state index contributed by atoms with van der Waals surface area (Å²) >= 11 is 0. The first-order valence-corrected chi connectivity index (χ1v) is 9.88. The molecular formula is C20H27N5O4. The topological polar surface area (TPSA) is 109 Å². The van der Waals surface area contributed by atoms with Crippen LogP contribution in [0, 0.1) is 6.92 Å². The lowest BCUT2D eigenvalue weighted by molar-refractivity contribution is -0.116. The number of carbonyl (C=O) groups is 2. The van der Waals surface area contributed by atoms with Gasteiger partial charge in [0.25, 0.3) is 11.5 Å². The monoisotopic (exact) mass is 401 g/mol. The molecule has 0 saturated carbocycles. The van der Waals surface area contributed by atoms with E-state index < -0.39 is 17.4 Å². The fourth-order valence-corrected chi connectivity index (χ4v) is 3.47. The van der Waals surface area contributed by atoms with Crippen molar-refractivity contribution in [3.05, 3.63) is 46.1 Å². The van der Waals surface area contributed by atoms with E-state index in [4.69, 9.17) is 4.52 Å². The minimum Gasteiger partial charge on any atom is -0.360 e. The lowest BCUT2D eigenvalue weighted by atomic mass is 10.1. The highest BCUT2D eigenvalue weighted by Gasteiger charge is 2.18. The second-order valence-corrected chi connectivity index (χ2v) is 7.46. The van der Waals surface area contributed by atoms with Gasteiger partial charge in [0.05, 0.1) is 0 Å². The van der Waals surface area contributed by atoms with Crippen molar-refractivity contribution < 1.29 is 14.1 Å².